The average molecular weight is 373 g/mol. The van der Waals surface area contributed by atoms with Crippen LogP contribution in [0.3, 0.4) is 0 Å². The molecule has 0 fully saturated rings. The first-order valence-corrected chi connectivity index (χ1v) is 8.78. The quantitative estimate of drug-likeness (QED) is 0.498. The smallest absolute Gasteiger partial charge is 0.271 e. The molecule has 0 saturated carbocycles. The number of thioether (sulfide) groups is 1. The van der Waals surface area contributed by atoms with Gasteiger partial charge in [0, 0.05) is 5.69 Å². The van der Waals surface area contributed by atoms with E-state index in [1.807, 2.05) is 32.0 Å². The van der Waals surface area contributed by atoms with Crippen molar-refractivity contribution in [3.63, 3.8) is 0 Å². The Morgan fingerprint density at radius 3 is 2.77 bits per heavy atom. The molecule has 0 atom stereocenters. The van der Waals surface area contributed by atoms with E-state index in [9.17, 15) is 4.79 Å². The molecule has 0 spiro atoms. The summed E-state index contributed by atoms with van der Waals surface area (Å²) in [4.78, 5) is 12.2. The van der Waals surface area contributed by atoms with Gasteiger partial charge in [0.15, 0.2) is 0 Å². The number of carbonyl (C=O) groups excluding carboxylic acids is 1. The van der Waals surface area contributed by atoms with Gasteiger partial charge in [-0.05, 0) is 32.0 Å². The van der Waals surface area contributed by atoms with E-state index in [2.05, 4.69) is 20.6 Å². The zero-order chi connectivity index (χ0) is 18.7. The van der Waals surface area contributed by atoms with Gasteiger partial charge in [0.05, 0.1) is 24.2 Å². The third kappa shape index (κ3) is 3.64. The van der Waals surface area contributed by atoms with Crippen molar-refractivity contribution in [2.45, 2.75) is 19.0 Å². The topological polar surface area (TPSA) is 113 Å². The second-order valence-electron chi connectivity index (χ2n) is 5.53. The zero-order valence-electron chi connectivity index (χ0n) is 14.6. The molecule has 0 aliphatic carbocycles. The third-order valence-electron chi connectivity index (χ3n) is 3.56. The summed E-state index contributed by atoms with van der Waals surface area (Å²) in [6, 6.07) is 9.12. The van der Waals surface area contributed by atoms with E-state index >= 15 is 0 Å². The van der Waals surface area contributed by atoms with Gasteiger partial charge in [0.1, 0.15) is 5.75 Å². The number of hydrogen-bond acceptors (Lipinski definition) is 7. The maximum atomic E-state index is 12.2. The van der Waals surface area contributed by atoms with E-state index in [4.69, 9.17) is 10.6 Å². The fourth-order valence-electron chi connectivity index (χ4n) is 2.41. The number of nitrogens with one attached hydrogen (secondary N) is 1. The molecule has 0 aliphatic rings. The number of anilines is 1. The number of ether oxygens (including phenoxy) is 1. The lowest BCUT2D eigenvalue weighted by Crippen LogP contribution is -2.19. The van der Waals surface area contributed by atoms with E-state index in [1.165, 1.54) is 16.4 Å². The number of carbonyl (C=O) groups is 1. The number of amides is 1. The zero-order valence-corrected chi connectivity index (χ0v) is 15.4. The highest BCUT2D eigenvalue weighted by atomic mass is 32.2. The Bertz CT molecular complexity index is 935. The lowest BCUT2D eigenvalue weighted by Gasteiger charge is -2.09. The van der Waals surface area contributed by atoms with Gasteiger partial charge in [-0.25, -0.2) is 9.36 Å². The molecule has 136 valence electrons. The number of nitrogens with two attached hydrogens (primary N) is 1. The van der Waals surface area contributed by atoms with Crippen LogP contribution in [0.1, 0.15) is 11.4 Å². The van der Waals surface area contributed by atoms with Gasteiger partial charge in [0.2, 0.25) is 11.1 Å². The maximum Gasteiger partial charge on any atom is 0.271 e. The van der Waals surface area contributed by atoms with Crippen LogP contribution in [0.2, 0.25) is 0 Å². The molecule has 3 N–H and O–H groups in total. The van der Waals surface area contributed by atoms with Crippen LogP contribution < -0.4 is 15.9 Å². The predicted molar refractivity (Wildman–Crippen MR) is 99.1 cm³/mol. The molecule has 2 heterocycles. The van der Waals surface area contributed by atoms with E-state index in [0.29, 0.717) is 22.5 Å². The van der Waals surface area contributed by atoms with Crippen LogP contribution in [0.25, 0.3) is 5.95 Å². The Labute approximate surface area is 154 Å². The fraction of sp³-hybridized carbons (Fsp3) is 0.250. The number of benzene rings is 1. The minimum Gasteiger partial charge on any atom is -0.495 e. The summed E-state index contributed by atoms with van der Waals surface area (Å²) in [7, 11) is 1.55. The monoisotopic (exact) mass is 373 g/mol. The van der Waals surface area contributed by atoms with Crippen molar-refractivity contribution < 1.29 is 9.53 Å². The highest BCUT2D eigenvalue weighted by Gasteiger charge is 2.16. The number of rotatable bonds is 6. The molecule has 0 bridgehead atoms. The van der Waals surface area contributed by atoms with Crippen LogP contribution >= 0.6 is 11.8 Å². The molecule has 9 nitrogen and oxygen atoms in total. The number of nitrogen functional groups attached to an aromatic ring is 1. The highest BCUT2D eigenvalue weighted by Crippen LogP contribution is 2.24. The standard InChI is InChI=1S/C16H19N7O2S/c1-10-8-11(2)23(21-10)15-19-20-16(22(15)17)26-9-14(24)18-12-6-4-5-7-13(12)25-3/h4-8H,9,17H2,1-3H3,(H,18,24). The van der Waals surface area contributed by atoms with E-state index < -0.39 is 0 Å². The molecular formula is C16H19N7O2S. The van der Waals surface area contributed by atoms with Crippen LogP contribution in [0.5, 0.6) is 5.75 Å². The largest absolute Gasteiger partial charge is 0.495 e. The Morgan fingerprint density at radius 1 is 1.31 bits per heavy atom. The molecule has 0 aliphatic heterocycles. The number of methoxy groups -OCH3 is 1. The Hall–Kier alpha value is -3.01. The van der Waals surface area contributed by atoms with Crippen LogP contribution in [-0.4, -0.2) is 43.4 Å². The summed E-state index contributed by atoms with van der Waals surface area (Å²) < 4.78 is 8.15. The molecule has 2 aromatic heterocycles. The second kappa shape index (κ2) is 7.48. The Kier molecular flexibility index (Phi) is 5.12. The average Bonchev–Trinajstić information content (AvgIpc) is 3.14. The van der Waals surface area contributed by atoms with Crippen LogP contribution in [-0.2, 0) is 4.79 Å². The molecule has 3 aromatic rings. The van der Waals surface area contributed by atoms with Crippen molar-refractivity contribution in [1.82, 2.24) is 24.7 Å². The summed E-state index contributed by atoms with van der Waals surface area (Å²) in [5.41, 5.74) is 2.36. The van der Waals surface area contributed by atoms with Gasteiger partial charge in [-0.3, -0.25) is 4.79 Å². The summed E-state index contributed by atoms with van der Waals surface area (Å²) in [5.74, 6) is 6.98. The first-order valence-electron chi connectivity index (χ1n) is 7.79. The van der Waals surface area contributed by atoms with Crippen molar-refractivity contribution in [2.24, 2.45) is 0 Å². The number of aromatic nitrogens is 5. The normalized spacial score (nSPS) is 10.7. The molecule has 26 heavy (non-hydrogen) atoms. The molecular weight excluding hydrogens is 354 g/mol. The molecule has 0 unspecified atom stereocenters. The number of hydrogen-bond donors (Lipinski definition) is 2. The second-order valence-corrected chi connectivity index (χ2v) is 6.47. The first-order chi connectivity index (χ1) is 12.5. The SMILES string of the molecule is COc1ccccc1NC(=O)CSc1nnc(-n2nc(C)cc2C)n1N. The van der Waals surface area contributed by atoms with Gasteiger partial charge < -0.3 is 15.9 Å². The summed E-state index contributed by atoms with van der Waals surface area (Å²) >= 11 is 1.19. The van der Waals surface area contributed by atoms with Crippen molar-refractivity contribution in [3.8, 4) is 11.7 Å². The Morgan fingerprint density at radius 2 is 2.08 bits per heavy atom. The van der Waals surface area contributed by atoms with Gasteiger partial charge in [0.25, 0.3) is 5.95 Å². The predicted octanol–water partition coefficient (Wildman–Crippen LogP) is 1.53. The maximum absolute atomic E-state index is 12.2. The van der Waals surface area contributed by atoms with Crippen molar-refractivity contribution in [2.75, 3.05) is 24.0 Å². The van der Waals surface area contributed by atoms with Gasteiger partial charge >= 0.3 is 0 Å². The number of aryl methyl sites for hydroxylation is 2. The van der Waals surface area contributed by atoms with E-state index in [1.54, 1.807) is 23.9 Å². The number of para-hydroxylation sites is 2. The molecule has 10 heteroatoms. The van der Waals surface area contributed by atoms with Gasteiger partial charge in [-0.15, -0.1) is 10.2 Å². The van der Waals surface area contributed by atoms with Gasteiger partial charge in [-0.2, -0.15) is 5.10 Å². The molecule has 0 saturated heterocycles. The third-order valence-corrected chi connectivity index (χ3v) is 4.50. The van der Waals surface area contributed by atoms with E-state index in [0.717, 1.165) is 11.4 Å². The molecule has 3 rings (SSSR count). The minimum absolute atomic E-state index is 0.129. The minimum atomic E-state index is -0.199. The van der Waals surface area contributed by atoms with Crippen LogP contribution in [0, 0.1) is 13.8 Å². The number of nitrogens with zero attached hydrogens (tertiary/aromatic N) is 5. The van der Waals surface area contributed by atoms with Crippen LogP contribution in [0.15, 0.2) is 35.5 Å². The van der Waals surface area contributed by atoms with Crippen LogP contribution in [0.4, 0.5) is 5.69 Å². The molecule has 1 amide bonds. The lowest BCUT2D eigenvalue weighted by molar-refractivity contribution is -0.113. The first kappa shape index (κ1) is 17.8. The summed E-state index contributed by atoms with van der Waals surface area (Å²) in [6.45, 7) is 3.79. The molecule has 1 aromatic carbocycles. The van der Waals surface area contributed by atoms with Gasteiger partial charge in [-0.1, -0.05) is 23.9 Å². The lowest BCUT2D eigenvalue weighted by atomic mass is 10.3. The van der Waals surface area contributed by atoms with Crippen molar-refractivity contribution >= 4 is 23.4 Å². The summed E-state index contributed by atoms with van der Waals surface area (Å²) in [6.07, 6.45) is 0. The van der Waals surface area contributed by atoms with Crippen molar-refractivity contribution in [3.05, 3.63) is 41.7 Å². The summed E-state index contributed by atoms with van der Waals surface area (Å²) in [5, 5.41) is 15.7. The Balaban J connectivity index is 1.67. The highest BCUT2D eigenvalue weighted by molar-refractivity contribution is 7.99. The van der Waals surface area contributed by atoms with E-state index in [-0.39, 0.29) is 11.7 Å². The fourth-order valence-corrected chi connectivity index (χ4v) is 3.06. The molecule has 0 radical (unpaired) electrons. The van der Waals surface area contributed by atoms with Crippen molar-refractivity contribution in [1.29, 1.82) is 0 Å².